The van der Waals surface area contributed by atoms with Crippen molar-refractivity contribution < 1.29 is 13.2 Å². The van der Waals surface area contributed by atoms with Crippen LogP contribution in [0.2, 0.25) is 0 Å². The molecule has 9 heteroatoms. The topological polar surface area (TPSA) is 90.7 Å². The Kier molecular flexibility index (Phi) is 3.31. The van der Waals surface area contributed by atoms with E-state index in [1.165, 1.54) is 6.07 Å². The predicted octanol–water partition coefficient (Wildman–Crippen LogP) is 2.48. The summed E-state index contributed by atoms with van der Waals surface area (Å²) in [4.78, 5) is 11.1. The van der Waals surface area contributed by atoms with Gasteiger partial charge in [0.05, 0.1) is 5.56 Å². The van der Waals surface area contributed by atoms with Gasteiger partial charge in [0.25, 0.3) is 0 Å². The molecule has 0 bridgehead atoms. The fourth-order valence-electron chi connectivity index (χ4n) is 1.40. The van der Waals surface area contributed by atoms with Gasteiger partial charge in [0.15, 0.2) is 5.82 Å². The van der Waals surface area contributed by atoms with Crippen molar-refractivity contribution in [2.45, 2.75) is 6.18 Å². The standard InChI is InChI=1S/C10H7BrF3N5/c11-6-2-1-4(10(12,13)14)3-5(6)7-17-8(15)19-9(16)18-7/h1-3H,(H4,15,16,17,18,19). The highest BCUT2D eigenvalue weighted by Crippen LogP contribution is 2.35. The van der Waals surface area contributed by atoms with Crippen molar-refractivity contribution in [3.63, 3.8) is 0 Å². The minimum Gasteiger partial charge on any atom is -0.368 e. The highest BCUT2D eigenvalue weighted by molar-refractivity contribution is 9.10. The molecule has 100 valence electrons. The monoisotopic (exact) mass is 333 g/mol. The van der Waals surface area contributed by atoms with Crippen LogP contribution in [-0.2, 0) is 6.18 Å². The molecule has 4 N–H and O–H groups in total. The third-order valence-corrected chi connectivity index (χ3v) is 2.90. The first-order valence-electron chi connectivity index (χ1n) is 4.91. The minimum atomic E-state index is -4.46. The maximum atomic E-state index is 12.7. The molecule has 2 aromatic rings. The summed E-state index contributed by atoms with van der Waals surface area (Å²) < 4.78 is 38.4. The quantitative estimate of drug-likeness (QED) is 0.836. The van der Waals surface area contributed by atoms with Crippen LogP contribution in [0, 0.1) is 0 Å². The zero-order valence-corrected chi connectivity index (χ0v) is 10.8. The Morgan fingerprint density at radius 3 is 2.11 bits per heavy atom. The van der Waals surface area contributed by atoms with Gasteiger partial charge in [0, 0.05) is 10.0 Å². The zero-order chi connectivity index (χ0) is 14.2. The van der Waals surface area contributed by atoms with Crippen molar-refractivity contribution in [3.05, 3.63) is 28.2 Å². The Labute approximate surface area is 114 Å². The number of hydrogen-bond acceptors (Lipinski definition) is 5. The molecule has 0 saturated heterocycles. The second kappa shape index (κ2) is 4.65. The van der Waals surface area contributed by atoms with E-state index in [1.807, 2.05) is 0 Å². The SMILES string of the molecule is Nc1nc(N)nc(-c2cc(C(F)(F)F)ccc2Br)n1. The van der Waals surface area contributed by atoms with E-state index in [4.69, 9.17) is 11.5 Å². The Balaban J connectivity index is 2.61. The molecule has 1 aromatic carbocycles. The lowest BCUT2D eigenvalue weighted by molar-refractivity contribution is -0.137. The number of rotatable bonds is 1. The van der Waals surface area contributed by atoms with Crippen molar-refractivity contribution in [2.75, 3.05) is 11.5 Å². The summed E-state index contributed by atoms with van der Waals surface area (Å²) in [5.74, 6) is -0.346. The molecule has 0 atom stereocenters. The third kappa shape index (κ3) is 2.92. The highest BCUT2D eigenvalue weighted by atomic mass is 79.9. The van der Waals surface area contributed by atoms with Crippen LogP contribution in [-0.4, -0.2) is 15.0 Å². The van der Waals surface area contributed by atoms with Crippen LogP contribution in [0.3, 0.4) is 0 Å². The molecule has 0 saturated carbocycles. The van der Waals surface area contributed by atoms with E-state index >= 15 is 0 Å². The fraction of sp³-hybridized carbons (Fsp3) is 0.100. The summed E-state index contributed by atoms with van der Waals surface area (Å²) in [7, 11) is 0. The van der Waals surface area contributed by atoms with E-state index in [2.05, 4.69) is 30.9 Å². The molecule has 0 unspecified atom stereocenters. The van der Waals surface area contributed by atoms with Crippen LogP contribution >= 0.6 is 15.9 Å². The summed E-state index contributed by atoms with van der Waals surface area (Å²) in [5, 5.41) is 0. The highest BCUT2D eigenvalue weighted by Gasteiger charge is 2.31. The van der Waals surface area contributed by atoms with E-state index in [-0.39, 0.29) is 23.3 Å². The number of nitrogens with zero attached hydrogens (tertiary/aromatic N) is 3. The van der Waals surface area contributed by atoms with Gasteiger partial charge >= 0.3 is 6.18 Å². The second-order valence-corrected chi connectivity index (χ2v) is 4.42. The number of benzene rings is 1. The maximum Gasteiger partial charge on any atom is 0.416 e. The molecule has 0 radical (unpaired) electrons. The first kappa shape index (κ1) is 13.5. The molecular formula is C10H7BrF3N5. The van der Waals surface area contributed by atoms with E-state index in [0.29, 0.717) is 4.47 Å². The van der Waals surface area contributed by atoms with Crippen molar-refractivity contribution in [1.82, 2.24) is 15.0 Å². The molecule has 0 spiro atoms. The van der Waals surface area contributed by atoms with Gasteiger partial charge < -0.3 is 11.5 Å². The van der Waals surface area contributed by atoms with Gasteiger partial charge in [-0.15, -0.1) is 0 Å². The largest absolute Gasteiger partial charge is 0.416 e. The van der Waals surface area contributed by atoms with Gasteiger partial charge in [-0.3, -0.25) is 0 Å². The molecule has 0 aliphatic heterocycles. The van der Waals surface area contributed by atoms with Crippen LogP contribution in [0.15, 0.2) is 22.7 Å². The average molecular weight is 334 g/mol. The van der Waals surface area contributed by atoms with E-state index in [1.54, 1.807) is 0 Å². The Bertz CT molecular complexity index is 609. The first-order valence-corrected chi connectivity index (χ1v) is 5.71. The molecule has 1 heterocycles. The van der Waals surface area contributed by atoms with Crippen molar-refractivity contribution in [2.24, 2.45) is 0 Å². The number of alkyl halides is 3. The van der Waals surface area contributed by atoms with Crippen LogP contribution in [0.25, 0.3) is 11.4 Å². The number of nitrogens with two attached hydrogens (primary N) is 2. The summed E-state index contributed by atoms with van der Waals surface area (Å²) in [6.07, 6.45) is -4.46. The predicted molar refractivity (Wildman–Crippen MR) is 66.8 cm³/mol. The van der Waals surface area contributed by atoms with E-state index < -0.39 is 11.7 Å². The maximum absolute atomic E-state index is 12.7. The van der Waals surface area contributed by atoms with Gasteiger partial charge in [-0.2, -0.15) is 28.1 Å². The van der Waals surface area contributed by atoms with Gasteiger partial charge in [0.2, 0.25) is 11.9 Å². The molecule has 0 amide bonds. The minimum absolute atomic E-state index is 0.0250. The lowest BCUT2D eigenvalue weighted by atomic mass is 10.1. The lowest BCUT2D eigenvalue weighted by Crippen LogP contribution is -2.07. The average Bonchev–Trinajstić information content (AvgIpc) is 2.26. The summed E-state index contributed by atoms with van der Waals surface area (Å²) in [6.45, 7) is 0. The van der Waals surface area contributed by atoms with Crippen molar-refractivity contribution in [1.29, 1.82) is 0 Å². The zero-order valence-electron chi connectivity index (χ0n) is 9.24. The summed E-state index contributed by atoms with van der Waals surface area (Å²) >= 11 is 3.13. The number of halogens is 4. The molecular weight excluding hydrogens is 327 g/mol. The lowest BCUT2D eigenvalue weighted by Gasteiger charge is -2.10. The van der Waals surface area contributed by atoms with Crippen LogP contribution in [0.5, 0.6) is 0 Å². The van der Waals surface area contributed by atoms with Gasteiger partial charge in [-0.05, 0) is 18.2 Å². The molecule has 0 fully saturated rings. The first-order chi connectivity index (χ1) is 8.77. The van der Waals surface area contributed by atoms with E-state index in [0.717, 1.165) is 12.1 Å². The van der Waals surface area contributed by atoms with Crippen molar-refractivity contribution in [3.8, 4) is 11.4 Å². The summed E-state index contributed by atoms with van der Waals surface area (Å²) in [6, 6.07) is 3.12. The normalized spacial score (nSPS) is 11.6. The molecule has 19 heavy (non-hydrogen) atoms. The van der Waals surface area contributed by atoms with Gasteiger partial charge in [0.1, 0.15) is 0 Å². The van der Waals surface area contributed by atoms with Crippen molar-refractivity contribution >= 4 is 27.8 Å². The molecule has 5 nitrogen and oxygen atoms in total. The van der Waals surface area contributed by atoms with Crippen LogP contribution in [0.4, 0.5) is 25.1 Å². The molecule has 0 aliphatic rings. The van der Waals surface area contributed by atoms with E-state index in [9.17, 15) is 13.2 Å². The molecule has 2 rings (SSSR count). The second-order valence-electron chi connectivity index (χ2n) is 3.57. The molecule has 0 aliphatic carbocycles. The Morgan fingerprint density at radius 2 is 1.58 bits per heavy atom. The van der Waals surface area contributed by atoms with Gasteiger partial charge in [-0.1, -0.05) is 15.9 Å². The smallest absolute Gasteiger partial charge is 0.368 e. The molecule has 1 aromatic heterocycles. The Morgan fingerprint density at radius 1 is 1.00 bits per heavy atom. The van der Waals surface area contributed by atoms with Crippen LogP contribution in [0.1, 0.15) is 5.56 Å². The number of nitrogen functional groups attached to an aromatic ring is 2. The third-order valence-electron chi connectivity index (χ3n) is 2.20. The number of hydrogen-bond donors (Lipinski definition) is 2. The number of aromatic nitrogens is 3. The van der Waals surface area contributed by atoms with Gasteiger partial charge in [-0.25, -0.2) is 0 Å². The Hall–Kier alpha value is -1.90. The number of anilines is 2. The fourth-order valence-corrected chi connectivity index (χ4v) is 1.83. The summed E-state index contributed by atoms with van der Waals surface area (Å²) in [5.41, 5.74) is 10.1. The van der Waals surface area contributed by atoms with Crippen LogP contribution < -0.4 is 11.5 Å².